The topological polar surface area (TPSA) is 24.9 Å². The molecule has 0 aliphatic rings. The zero-order chi connectivity index (χ0) is 16.4. The van der Waals surface area contributed by atoms with E-state index in [-0.39, 0.29) is 5.82 Å². The summed E-state index contributed by atoms with van der Waals surface area (Å²) in [5, 5.41) is 4.38. The number of nitrogens with zero attached hydrogens (tertiary/aromatic N) is 1. The third-order valence-corrected chi connectivity index (χ3v) is 4.92. The third-order valence-electron chi connectivity index (χ3n) is 3.84. The molecular formula is C20H15FN2S. The summed E-state index contributed by atoms with van der Waals surface area (Å²) in [6.45, 7) is 0.667. The molecule has 0 atom stereocenters. The molecule has 0 saturated carbocycles. The van der Waals surface area contributed by atoms with Crippen molar-refractivity contribution in [1.82, 2.24) is 4.98 Å². The molecule has 2 nitrogen and oxygen atoms in total. The van der Waals surface area contributed by atoms with Crippen LogP contribution < -0.4 is 5.32 Å². The van der Waals surface area contributed by atoms with Crippen LogP contribution in [0.25, 0.3) is 20.8 Å². The van der Waals surface area contributed by atoms with Crippen LogP contribution >= 0.6 is 11.3 Å². The largest absolute Gasteiger partial charge is 0.381 e. The van der Waals surface area contributed by atoms with E-state index < -0.39 is 0 Å². The molecule has 24 heavy (non-hydrogen) atoms. The van der Waals surface area contributed by atoms with Crippen molar-refractivity contribution in [2.24, 2.45) is 0 Å². The minimum Gasteiger partial charge on any atom is -0.381 e. The fourth-order valence-corrected chi connectivity index (χ4v) is 3.50. The minimum atomic E-state index is -0.209. The van der Waals surface area contributed by atoms with E-state index in [4.69, 9.17) is 0 Å². The molecule has 1 aromatic heterocycles. The van der Waals surface area contributed by atoms with Crippen molar-refractivity contribution in [2.75, 3.05) is 5.32 Å². The van der Waals surface area contributed by atoms with Gasteiger partial charge < -0.3 is 5.32 Å². The summed E-state index contributed by atoms with van der Waals surface area (Å²) in [5.74, 6) is -0.209. The van der Waals surface area contributed by atoms with Gasteiger partial charge in [-0.05, 0) is 54.1 Å². The first-order valence-electron chi connectivity index (χ1n) is 7.72. The van der Waals surface area contributed by atoms with E-state index in [1.165, 1.54) is 16.8 Å². The van der Waals surface area contributed by atoms with Crippen LogP contribution in [-0.4, -0.2) is 4.98 Å². The molecule has 1 heterocycles. The monoisotopic (exact) mass is 334 g/mol. The molecule has 0 saturated heterocycles. The number of aromatic nitrogens is 1. The Labute approximate surface area is 143 Å². The number of rotatable bonds is 4. The Morgan fingerprint density at radius 1 is 0.875 bits per heavy atom. The van der Waals surface area contributed by atoms with Crippen molar-refractivity contribution in [3.63, 3.8) is 0 Å². The zero-order valence-corrected chi connectivity index (χ0v) is 13.7. The molecule has 0 fully saturated rings. The molecule has 0 bridgehead atoms. The summed E-state index contributed by atoms with van der Waals surface area (Å²) in [6, 6.07) is 22.9. The SMILES string of the molecule is Fc1ccc(CNc2ccc(-c3nc4ccccc4s3)cc2)cc1. The highest BCUT2D eigenvalue weighted by Crippen LogP contribution is 2.30. The fraction of sp³-hybridized carbons (Fsp3) is 0.0500. The van der Waals surface area contributed by atoms with E-state index in [9.17, 15) is 4.39 Å². The van der Waals surface area contributed by atoms with Crippen molar-refractivity contribution in [1.29, 1.82) is 0 Å². The van der Waals surface area contributed by atoms with Gasteiger partial charge in [-0.1, -0.05) is 24.3 Å². The smallest absolute Gasteiger partial charge is 0.124 e. The van der Waals surface area contributed by atoms with Crippen LogP contribution in [0.4, 0.5) is 10.1 Å². The van der Waals surface area contributed by atoms with E-state index in [1.807, 2.05) is 30.3 Å². The lowest BCUT2D eigenvalue weighted by molar-refractivity contribution is 0.627. The Kier molecular flexibility index (Phi) is 3.97. The van der Waals surface area contributed by atoms with Crippen molar-refractivity contribution in [2.45, 2.75) is 6.54 Å². The first kappa shape index (κ1) is 14.8. The molecule has 4 heteroatoms. The van der Waals surface area contributed by atoms with Crippen LogP contribution in [0.2, 0.25) is 0 Å². The van der Waals surface area contributed by atoms with Crippen molar-refractivity contribution >= 4 is 27.2 Å². The summed E-state index contributed by atoms with van der Waals surface area (Å²) >= 11 is 1.70. The number of hydrogen-bond acceptors (Lipinski definition) is 3. The Morgan fingerprint density at radius 3 is 2.38 bits per heavy atom. The number of fused-ring (bicyclic) bond motifs is 1. The number of halogens is 1. The second-order valence-electron chi connectivity index (χ2n) is 5.54. The molecule has 0 unspecified atom stereocenters. The summed E-state index contributed by atoms with van der Waals surface area (Å²) in [6.07, 6.45) is 0. The van der Waals surface area contributed by atoms with Gasteiger partial charge in [0.25, 0.3) is 0 Å². The maximum absolute atomic E-state index is 12.9. The van der Waals surface area contributed by atoms with Crippen LogP contribution in [0.5, 0.6) is 0 Å². The summed E-state index contributed by atoms with van der Waals surface area (Å²) in [4.78, 5) is 4.68. The van der Waals surface area contributed by atoms with Gasteiger partial charge in [-0.2, -0.15) is 0 Å². The van der Waals surface area contributed by atoms with Crippen LogP contribution in [0, 0.1) is 5.82 Å². The molecular weight excluding hydrogens is 319 g/mol. The van der Waals surface area contributed by atoms with Gasteiger partial charge in [0.15, 0.2) is 0 Å². The van der Waals surface area contributed by atoms with E-state index in [0.29, 0.717) is 6.54 Å². The molecule has 0 amide bonds. The first-order valence-corrected chi connectivity index (χ1v) is 8.54. The number of nitrogens with one attached hydrogen (secondary N) is 1. The van der Waals surface area contributed by atoms with Gasteiger partial charge >= 0.3 is 0 Å². The van der Waals surface area contributed by atoms with E-state index in [0.717, 1.165) is 27.3 Å². The van der Waals surface area contributed by atoms with Crippen LogP contribution in [-0.2, 0) is 6.54 Å². The van der Waals surface area contributed by atoms with E-state index in [2.05, 4.69) is 28.5 Å². The van der Waals surface area contributed by atoms with Gasteiger partial charge in [-0.3, -0.25) is 0 Å². The normalized spacial score (nSPS) is 10.9. The minimum absolute atomic E-state index is 0.209. The van der Waals surface area contributed by atoms with Gasteiger partial charge in [0, 0.05) is 17.8 Å². The molecule has 1 N–H and O–H groups in total. The molecule has 118 valence electrons. The highest BCUT2D eigenvalue weighted by atomic mass is 32.1. The lowest BCUT2D eigenvalue weighted by Crippen LogP contribution is -1.99. The van der Waals surface area contributed by atoms with Crippen molar-refractivity contribution in [3.8, 4) is 10.6 Å². The van der Waals surface area contributed by atoms with Gasteiger partial charge in [0.2, 0.25) is 0 Å². The average Bonchev–Trinajstić information content (AvgIpc) is 3.06. The fourth-order valence-electron chi connectivity index (χ4n) is 2.53. The maximum Gasteiger partial charge on any atom is 0.124 e. The Morgan fingerprint density at radius 2 is 1.62 bits per heavy atom. The predicted octanol–water partition coefficient (Wildman–Crippen LogP) is 5.71. The predicted molar refractivity (Wildman–Crippen MR) is 98.8 cm³/mol. The molecule has 4 aromatic rings. The second-order valence-corrected chi connectivity index (χ2v) is 6.57. The van der Waals surface area contributed by atoms with E-state index in [1.54, 1.807) is 23.5 Å². The lowest BCUT2D eigenvalue weighted by Gasteiger charge is -2.07. The number of para-hydroxylation sites is 1. The number of benzene rings is 3. The number of hydrogen-bond donors (Lipinski definition) is 1. The Bertz CT molecular complexity index is 926. The first-order chi connectivity index (χ1) is 11.8. The molecule has 0 spiro atoms. The highest BCUT2D eigenvalue weighted by molar-refractivity contribution is 7.21. The van der Waals surface area contributed by atoms with Gasteiger partial charge in [0.1, 0.15) is 10.8 Å². The number of anilines is 1. The molecule has 3 aromatic carbocycles. The van der Waals surface area contributed by atoms with Gasteiger partial charge in [-0.25, -0.2) is 9.37 Å². The Hall–Kier alpha value is -2.72. The molecule has 0 radical (unpaired) electrons. The molecule has 0 aliphatic heterocycles. The number of thiazole rings is 1. The van der Waals surface area contributed by atoms with Crippen LogP contribution in [0.3, 0.4) is 0 Å². The van der Waals surface area contributed by atoms with Gasteiger partial charge in [0.05, 0.1) is 10.2 Å². The second kappa shape index (κ2) is 6.42. The average molecular weight is 334 g/mol. The Balaban J connectivity index is 1.48. The zero-order valence-electron chi connectivity index (χ0n) is 12.9. The summed E-state index contributed by atoms with van der Waals surface area (Å²) in [5.41, 5.74) is 4.23. The molecule has 0 aliphatic carbocycles. The quantitative estimate of drug-likeness (QED) is 0.517. The van der Waals surface area contributed by atoms with Crippen molar-refractivity contribution < 1.29 is 4.39 Å². The standard InChI is InChI=1S/C20H15FN2S/c21-16-9-5-14(6-10-16)13-22-17-11-7-15(8-12-17)20-23-18-3-1-2-4-19(18)24-20/h1-12,22H,13H2. The van der Waals surface area contributed by atoms with E-state index >= 15 is 0 Å². The van der Waals surface area contributed by atoms with Gasteiger partial charge in [-0.15, -0.1) is 11.3 Å². The summed E-state index contributed by atoms with van der Waals surface area (Å²) in [7, 11) is 0. The molecule has 4 rings (SSSR count). The van der Waals surface area contributed by atoms with Crippen molar-refractivity contribution in [3.05, 3.63) is 84.2 Å². The lowest BCUT2D eigenvalue weighted by atomic mass is 10.2. The van der Waals surface area contributed by atoms with Crippen LogP contribution in [0.15, 0.2) is 72.8 Å². The maximum atomic E-state index is 12.9. The summed E-state index contributed by atoms with van der Waals surface area (Å²) < 4.78 is 14.1. The van der Waals surface area contributed by atoms with Crippen LogP contribution in [0.1, 0.15) is 5.56 Å². The third kappa shape index (κ3) is 3.14. The highest BCUT2D eigenvalue weighted by Gasteiger charge is 2.05.